The summed E-state index contributed by atoms with van der Waals surface area (Å²) in [6.45, 7) is -3.28. The van der Waals surface area contributed by atoms with Crippen molar-refractivity contribution >= 4 is 39.1 Å². The van der Waals surface area contributed by atoms with Crippen molar-refractivity contribution in [3.63, 3.8) is 0 Å². The molecule has 0 aromatic heterocycles. The Morgan fingerprint density at radius 1 is 0.467 bits per heavy atom. The summed E-state index contributed by atoms with van der Waals surface area (Å²) in [5.41, 5.74) is 0. The molecule has 0 aromatic rings. The largest absolute Gasteiger partial charge is 0.470 e. The minimum absolute atomic E-state index is 1.64. The Morgan fingerprint density at radius 2 is 0.733 bits per heavy atom. The van der Waals surface area contributed by atoms with Crippen LogP contribution in [0.2, 0.25) is 0 Å². The van der Waals surface area contributed by atoms with Gasteiger partial charge >= 0.3 is 39.1 Å². The Labute approximate surface area is 165 Å². The number of hydrogen-bond donors (Lipinski definition) is 10. The molecule has 0 fully saturated rings. The van der Waals surface area contributed by atoms with Gasteiger partial charge in [0.2, 0.25) is 0 Å². The molecule has 25 heteroatoms. The molecule has 30 heavy (non-hydrogen) atoms. The van der Waals surface area contributed by atoms with Crippen LogP contribution >= 0.6 is 39.1 Å². The van der Waals surface area contributed by atoms with Crippen molar-refractivity contribution in [3.05, 3.63) is 0 Å². The number of phosphoric ester groups is 5. The third kappa shape index (κ3) is 17.1. The molecule has 0 radical (unpaired) electrons. The first kappa shape index (κ1) is 30.6. The van der Waals surface area contributed by atoms with E-state index in [9.17, 15) is 22.8 Å². The topological polar surface area (TPSA) is 334 Å². The van der Waals surface area contributed by atoms with Crippen LogP contribution in [0, 0.1) is 0 Å². The third-order valence-electron chi connectivity index (χ3n) is 2.35. The Balaban J connectivity index is 6.23. The second kappa shape index (κ2) is 11.1. The molecule has 0 spiro atoms. The maximum atomic E-state index is 11.2. The lowest BCUT2D eigenvalue weighted by atomic mass is 10.1. The van der Waals surface area contributed by atoms with Crippen molar-refractivity contribution < 1.29 is 94.4 Å². The van der Waals surface area contributed by atoms with E-state index in [2.05, 4.69) is 22.6 Å². The molecule has 0 rings (SSSR count). The summed E-state index contributed by atoms with van der Waals surface area (Å²) < 4.78 is 74.8. The van der Waals surface area contributed by atoms with Crippen LogP contribution < -0.4 is 0 Å². The fourth-order valence-corrected chi connectivity index (χ4v) is 3.94. The average Bonchev–Trinajstić information content (AvgIpc) is 2.40. The van der Waals surface area contributed by atoms with Crippen molar-refractivity contribution in [2.45, 2.75) is 18.3 Å². The number of hydrogen-bond acceptors (Lipinski definition) is 10. The van der Waals surface area contributed by atoms with Crippen molar-refractivity contribution in [2.24, 2.45) is 0 Å². The first-order chi connectivity index (χ1) is 13.0. The highest BCUT2D eigenvalue weighted by Gasteiger charge is 2.44. The fraction of sp³-hybridized carbons (Fsp3) is 1.00. The molecule has 10 N–H and O–H groups in total. The van der Waals surface area contributed by atoms with E-state index in [0.717, 1.165) is 0 Å². The van der Waals surface area contributed by atoms with Gasteiger partial charge in [-0.15, -0.1) is 0 Å². The smallest absolute Gasteiger partial charge is 0.303 e. The number of phosphoric acid groups is 5. The fourth-order valence-electron chi connectivity index (χ4n) is 1.60. The summed E-state index contributed by atoms with van der Waals surface area (Å²) in [4.78, 5) is 88.1. The molecule has 0 saturated heterocycles. The van der Waals surface area contributed by atoms with Crippen LogP contribution in [0.25, 0.3) is 0 Å². The second-order valence-electron chi connectivity index (χ2n) is 4.90. The predicted molar refractivity (Wildman–Crippen MR) is 86.7 cm³/mol. The molecule has 0 amide bonds. The Hall–Kier alpha value is 0.550. The molecule has 20 nitrogen and oxygen atoms in total. The van der Waals surface area contributed by atoms with Gasteiger partial charge in [0.25, 0.3) is 0 Å². The lowest BCUT2D eigenvalue weighted by Crippen LogP contribution is -2.45. The summed E-state index contributed by atoms with van der Waals surface area (Å²) >= 11 is 0. The lowest BCUT2D eigenvalue weighted by molar-refractivity contribution is -0.0793. The van der Waals surface area contributed by atoms with Gasteiger partial charge in [0.1, 0.15) is 18.3 Å². The SMILES string of the molecule is O=P(O)(O)OC[C@H](OP(=O)(O)O)[C@@H](OP(=O)(O)O)[C@@H](COP(=O)(O)O)OP(=O)(O)O. The van der Waals surface area contributed by atoms with E-state index >= 15 is 0 Å². The molecule has 0 saturated carbocycles. The average molecular weight is 552 g/mol. The molecule has 0 unspecified atom stereocenters. The summed E-state index contributed by atoms with van der Waals surface area (Å²) in [5.74, 6) is 0. The molecule has 3 atom stereocenters. The van der Waals surface area contributed by atoms with E-state index in [0.29, 0.717) is 0 Å². The maximum Gasteiger partial charge on any atom is 0.470 e. The second-order valence-corrected chi connectivity index (χ2v) is 11.0. The van der Waals surface area contributed by atoms with Gasteiger partial charge in [0, 0.05) is 0 Å². The van der Waals surface area contributed by atoms with E-state index in [4.69, 9.17) is 48.9 Å². The zero-order valence-electron chi connectivity index (χ0n) is 13.9. The molecule has 0 bridgehead atoms. The zero-order chi connectivity index (χ0) is 24.2. The Bertz CT molecular complexity index is 721. The first-order valence-electron chi connectivity index (χ1n) is 6.59. The summed E-state index contributed by atoms with van der Waals surface area (Å²) in [6.07, 6.45) is -8.13. The van der Waals surface area contributed by atoms with Gasteiger partial charge in [-0.3, -0.25) is 22.6 Å². The predicted octanol–water partition coefficient (Wildman–Crippen LogP) is -2.36. The lowest BCUT2D eigenvalue weighted by Gasteiger charge is -2.32. The Kier molecular flexibility index (Phi) is 11.3. The molecular weight excluding hydrogens is 535 g/mol. The normalized spacial score (nSPS) is 17.5. The minimum Gasteiger partial charge on any atom is -0.303 e. The van der Waals surface area contributed by atoms with Gasteiger partial charge in [-0.05, 0) is 0 Å². The van der Waals surface area contributed by atoms with Gasteiger partial charge in [-0.1, -0.05) is 0 Å². The molecule has 182 valence electrons. The Morgan fingerprint density at radius 3 is 0.933 bits per heavy atom. The van der Waals surface area contributed by atoms with Crippen LogP contribution in [0.4, 0.5) is 0 Å². The van der Waals surface area contributed by atoms with E-state index in [1.54, 1.807) is 0 Å². The van der Waals surface area contributed by atoms with Gasteiger partial charge in [0.15, 0.2) is 0 Å². The standard InChI is InChI=1S/C5H17O20P5/c6-26(7,8)21-1-3(23-28(12,13)14)5(25-30(18,19)20)4(24-29(15,16)17)2-22-27(9,10)11/h3-5H,1-2H2,(H2,6,7,8)(H2,9,10,11)(H2,12,13,14)(H2,15,16,17)(H2,18,19,20)/t3-,4+,5+. The van der Waals surface area contributed by atoms with Crippen LogP contribution in [0.5, 0.6) is 0 Å². The highest BCUT2D eigenvalue weighted by Crippen LogP contribution is 2.48. The van der Waals surface area contributed by atoms with Gasteiger partial charge in [-0.25, -0.2) is 22.8 Å². The van der Waals surface area contributed by atoms with E-state index in [-0.39, 0.29) is 0 Å². The maximum absolute atomic E-state index is 11.2. The highest BCUT2D eigenvalue weighted by atomic mass is 31.2. The molecule has 0 aliphatic carbocycles. The van der Waals surface area contributed by atoms with Crippen molar-refractivity contribution in [1.82, 2.24) is 0 Å². The van der Waals surface area contributed by atoms with Crippen molar-refractivity contribution in [2.75, 3.05) is 13.2 Å². The van der Waals surface area contributed by atoms with Crippen LogP contribution in [-0.4, -0.2) is 80.5 Å². The summed E-state index contributed by atoms with van der Waals surface area (Å²) in [7, 11) is -27.9. The first-order valence-corrected chi connectivity index (χ1v) is 14.2. The quantitative estimate of drug-likeness (QED) is 0.101. The van der Waals surface area contributed by atoms with Crippen LogP contribution in [-0.2, 0) is 45.4 Å². The minimum atomic E-state index is -5.75. The molecule has 0 aliphatic heterocycles. The molecular formula is C5H17O20P5. The van der Waals surface area contributed by atoms with Crippen LogP contribution in [0.1, 0.15) is 0 Å². The van der Waals surface area contributed by atoms with Gasteiger partial charge in [0.05, 0.1) is 13.2 Å². The molecule has 0 aromatic carbocycles. The van der Waals surface area contributed by atoms with E-state index in [1.165, 1.54) is 0 Å². The van der Waals surface area contributed by atoms with E-state index in [1.807, 2.05) is 0 Å². The van der Waals surface area contributed by atoms with Crippen LogP contribution in [0.15, 0.2) is 0 Å². The van der Waals surface area contributed by atoms with Crippen LogP contribution in [0.3, 0.4) is 0 Å². The summed E-state index contributed by atoms with van der Waals surface area (Å²) in [5, 5.41) is 0. The number of rotatable bonds is 14. The zero-order valence-corrected chi connectivity index (χ0v) is 18.4. The monoisotopic (exact) mass is 552 g/mol. The molecule has 0 aliphatic rings. The summed E-state index contributed by atoms with van der Waals surface area (Å²) in [6, 6.07) is 0. The highest BCUT2D eigenvalue weighted by molar-refractivity contribution is 7.47. The van der Waals surface area contributed by atoms with E-state index < -0.39 is 70.6 Å². The van der Waals surface area contributed by atoms with Crippen molar-refractivity contribution in [3.8, 4) is 0 Å². The van der Waals surface area contributed by atoms with Gasteiger partial charge in [-0.2, -0.15) is 0 Å². The van der Waals surface area contributed by atoms with Gasteiger partial charge < -0.3 is 48.9 Å². The molecule has 0 heterocycles. The van der Waals surface area contributed by atoms with Crippen molar-refractivity contribution in [1.29, 1.82) is 0 Å². The third-order valence-corrected chi connectivity index (χ3v) is 4.93.